The molecule has 224 valence electrons. The third-order valence-electron chi connectivity index (χ3n) is 8.21. The third-order valence-corrected chi connectivity index (χ3v) is 8.21. The van der Waals surface area contributed by atoms with Crippen LogP contribution >= 0.6 is 0 Å². The number of Topliss-reactive ketones (excluding diaryl/α,β-unsaturated/α-hetero) is 1. The van der Waals surface area contributed by atoms with Gasteiger partial charge in [-0.2, -0.15) is 0 Å². The molecular weight excluding hydrogens is 526 g/mol. The molecule has 10 nitrogen and oxygen atoms in total. The number of ketones is 1. The van der Waals surface area contributed by atoms with Crippen molar-refractivity contribution in [3.63, 3.8) is 0 Å². The van der Waals surface area contributed by atoms with Crippen LogP contribution in [0, 0.1) is 5.92 Å². The summed E-state index contributed by atoms with van der Waals surface area (Å²) in [5.41, 5.74) is 1.95. The molecule has 1 aromatic rings. The molecule has 3 aliphatic rings. The minimum atomic E-state index is -0.976. The fourth-order valence-corrected chi connectivity index (χ4v) is 5.52. The molecule has 10 heteroatoms. The van der Waals surface area contributed by atoms with Gasteiger partial charge in [0.25, 0.3) is 0 Å². The molecule has 1 aromatic carbocycles. The summed E-state index contributed by atoms with van der Waals surface area (Å²) in [5.74, 6) is -0.932. The van der Waals surface area contributed by atoms with Crippen molar-refractivity contribution in [2.75, 3.05) is 13.7 Å². The van der Waals surface area contributed by atoms with Crippen molar-refractivity contribution in [3.05, 3.63) is 41.5 Å². The number of epoxide rings is 1. The summed E-state index contributed by atoms with van der Waals surface area (Å²) < 4.78 is 10.5. The predicted molar refractivity (Wildman–Crippen MR) is 152 cm³/mol. The smallest absolute Gasteiger partial charge is 0.243 e. The van der Waals surface area contributed by atoms with Gasteiger partial charge in [-0.05, 0) is 82.4 Å². The Bertz CT molecular complexity index is 1110. The second kappa shape index (κ2) is 14.6. The molecule has 2 aliphatic carbocycles. The van der Waals surface area contributed by atoms with Crippen molar-refractivity contribution in [1.82, 2.24) is 16.0 Å². The van der Waals surface area contributed by atoms with E-state index in [0.717, 1.165) is 36.8 Å². The number of rotatable bonds is 13. The Morgan fingerprint density at radius 1 is 0.951 bits per heavy atom. The Morgan fingerprint density at radius 2 is 1.63 bits per heavy atom. The lowest BCUT2D eigenvalue weighted by atomic mass is 9.87. The van der Waals surface area contributed by atoms with Crippen molar-refractivity contribution >= 4 is 23.5 Å². The zero-order valence-corrected chi connectivity index (χ0v) is 24.0. The highest BCUT2D eigenvalue weighted by Gasteiger charge is 2.38. The molecule has 1 saturated heterocycles. The molecule has 0 aromatic heterocycles. The first-order valence-electron chi connectivity index (χ1n) is 14.8. The fourth-order valence-electron chi connectivity index (χ4n) is 5.52. The van der Waals surface area contributed by atoms with Gasteiger partial charge in [0.2, 0.25) is 17.7 Å². The summed E-state index contributed by atoms with van der Waals surface area (Å²) in [6.07, 6.45) is 8.18. The largest absolute Gasteiger partial charge is 0.497 e. The van der Waals surface area contributed by atoms with Crippen LogP contribution in [-0.4, -0.2) is 72.7 Å². The number of amides is 3. The Kier molecular flexibility index (Phi) is 10.9. The summed E-state index contributed by atoms with van der Waals surface area (Å²) in [6.45, 7) is 1.94. The van der Waals surface area contributed by atoms with E-state index in [0.29, 0.717) is 44.5 Å². The van der Waals surface area contributed by atoms with Gasteiger partial charge in [-0.1, -0.05) is 23.8 Å². The normalized spacial score (nSPS) is 24.2. The fraction of sp³-hybridized carbons (Fsp3) is 0.613. The van der Waals surface area contributed by atoms with Crippen molar-refractivity contribution in [2.45, 2.75) is 101 Å². The maximum atomic E-state index is 13.7. The third kappa shape index (κ3) is 9.13. The van der Waals surface area contributed by atoms with E-state index in [9.17, 15) is 24.3 Å². The molecule has 4 N–H and O–H groups in total. The highest BCUT2D eigenvalue weighted by molar-refractivity contribution is 5.96. The van der Waals surface area contributed by atoms with Gasteiger partial charge in [-0.15, -0.1) is 0 Å². The first-order chi connectivity index (χ1) is 19.7. The summed E-state index contributed by atoms with van der Waals surface area (Å²) >= 11 is 0. The number of aliphatic hydroxyl groups excluding tert-OH is 1. The second-order valence-corrected chi connectivity index (χ2v) is 11.4. The number of nitrogens with one attached hydrogen (secondary N) is 3. The second-order valence-electron chi connectivity index (χ2n) is 11.4. The number of hydrogen-bond donors (Lipinski definition) is 4. The minimum absolute atomic E-state index is 0.155. The SMILES string of the molecule is COc1ccc(C[C@H](NC(=O)[C@@H](C)NC(=O)[C@H]2CC[C@@H](O)CC2)C(=O)NC(CC2=CCCCC2)C(=O)[C@H]2CO2)cc1. The van der Waals surface area contributed by atoms with Gasteiger partial charge in [0.15, 0.2) is 5.78 Å². The van der Waals surface area contributed by atoms with Crippen molar-refractivity contribution in [1.29, 1.82) is 0 Å². The number of hydrogen-bond acceptors (Lipinski definition) is 7. The average molecular weight is 570 g/mol. The number of aliphatic hydroxyl groups is 1. The average Bonchev–Trinajstić information content (AvgIpc) is 3.83. The standard InChI is InChI=1S/C31H43N3O7/c1-19(32-30(38)22-10-12-23(35)13-11-22)29(37)34-26(17-21-8-14-24(40-2)15-9-21)31(39)33-25(28(36)27-18-41-27)16-20-6-4-3-5-7-20/h6,8-9,14-15,19,22-23,25-27,35H,3-5,7,10-13,16-18H2,1-2H3,(H,32,38)(H,33,39)(H,34,37)/t19-,22-,23+,25?,26+,27-/m1/s1. The molecule has 1 unspecified atom stereocenters. The van der Waals surface area contributed by atoms with Crippen LogP contribution in [0.2, 0.25) is 0 Å². The lowest BCUT2D eigenvalue weighted by Gasteiger charge is -2.27. The lowest BCUT2D eigenvalue weighted by Crippen LogP contribution is -2.56. The summed E-state index contributed by atoms with van der Waals surface area (Å²) in [7, 11) is 1.57. The number of carbonyl (C=O) groups is 4. The zero-order chi connectivity index (χ0) is 29.4. The molecule has 2 fully saturated rings. The molecular formula is C31H43N3O7. The van der Waals surface area contributed by atoms with Crippen molar-refractivity contribution in [3.8, 4) is 5.75 Å². The van der Waals surface area contributed by atoms with E-state index < -0.39 is 36.0 Å². The summed E-state index contributed by atoms with van der Waals surface area (Å²) in [6, 6.07) is 4.61. The van der Waals surface area contributed by atoms with Gasteiger partial charge >= 0.3 is 0 Å². The van der Waals surface area contributed by atoms with Crippen molar-refractivity contribution in [2.24, 2.45) is 5.92 Å². The highest BCUT2D eigenvalue weighted by Crippen LogP contribution is 2.25. The lowest BCUT2D eigenvalue weighted by molar-refractivity contribution is -0.134. The summed E-state index contributed by atoms with van der Waals surface area (Å²) in [4.78, 5) is 52.7. The Labute approximate surface area is 241 Å². The maximum absolute atomic E-state index is 13.7. The van der Waals surface area contributed by atoms with E-state index >= 15 is 0 Å². The Balaban J connectivity index is 1.44. The molecule has 41 heavy (non-hydrogen) atoms. The van der Waals surface area contributed by atoms with Crippen LogP contribution in [0.3, 0.4) is 0 Å². The van der Waals surface area contributed by atoms with Gasteiger partial charge < -0.3 is 30.5 Å². The monoisotopic (exact) mass is 569 g/mol. The van der Waals surface area contributed by atoms with Crippen LogP contribution in [0.25, 0.3) is 0 Å². The van der Waals surface area contributed by atoms with Crippen LogP contribution in [0.5, 0.6) is 5.75 Å². The van der Waals surface area contributed by atoms with E-state index in [1.165, 1.54) is 0 Å². The number of allylic oxidation sites excluding steroid dienone is 1. The molecule has 0 radical (unpaired) electrons. The molecule has 1 saturated carbocycles. The van der Waals surface area contributed by atoms with Crippen LogP contribution in [0.4, 0.5) is 0 Å². The van der Waals surface area contributed by atoms with Gasteiger partial charge in [-0.3, -0.25) is 19.2 Å². The van der Waals surface area contributed by atoms with Gasteiger partial charge in [0.1, 0.15) is 23.9 Å². The Morgan fingerprint density at radius 3 is 2.24 bits per heavy atom. The Hall–Kier alpha value is -3.24. The van der Waals surface area contributed by atoms with Crippen LogP contribution < -0.4 is 20.7 Å². The van der Waals surface area contributed by atoms with E-state index in [4.69, 9.17) is 9.47 Å². The predicted octanol–water partition coefficient (Wildman–Crippen LogP) is 2.12. The molecule has 4 rings (SSSR count). The number of carbonyl (C=O) groups excluding carboxylic acids is 4. The van der Waals surface area contributed by atoms with Crippen LogP contribution in [0.15, 0.2) is 35.9 Å². The quantitative estimate of drug-likeness (QED) is 0.210. The molecule has 1 heterocycles. The first kappa shape index (κ1) is 30.7. The number of ether oxygens (including phenoxy) is 2. The van der Waals surface area contributed by atoms with Crippen LogP contribution in [-0.2, 0) is 30.3 Å². The molecule has 3 amide bonds. The van der Waals surface area contributed by atoms with Gasteiger partial charge in [-0.25, -0.2) is 0 Å². The van der Waals surface area contributed by atoms with E-state index in [1.54, 1.807) is 26.2 Å². The van der Waals surface area contributed by atoms with Gasteiger partial charge in [0.05, 0.1) is 25.9 Å². The van der Waals surface area contributed by atoms with Crippen LogP contribution in [0.1, 0.15) is 70.3 Å². The van der Waals surface area contributed by atoms with E-state index in [1.807, 2.05) is 12.1 Å². The molecule has 0 spiro atoms. The first-order valence-corrected chi connectivity index (χ1v) is 14.8. The molecule has 4 atom stereocenters. The van der Waals surface area contributed by atoms with Gasteiger partial charge in [0, 0.05) is 12.3 Å². The number of benzene rings is 1. The molecule has 1 aliphatic heterocycles. The van der Waals surface area contributed by atoms with E-state index in [2.05, 4.69) is 22.0 Å². The van der Waals surface area contributed by atoms with E-state index in [-0.39, 0.29) is 30.1 Å². The van der Waals surface area contributed by atoms with Crippen molar-refractivity contribution < 1.29 is 33.8 Å². The summed E-state index contributed by atoms with van der Waals surface area (Å²) in [5, 5.41) is 18.2. The minimum Gasteiger partial charge on any atom is -0.497 e. The zero-order valence-electron chi connectivity index (χ0n) is 24.0. The highest BCUT2D eigenvalue weighted by atomic mass is 16.6. The topological polar surface area (TPSA) is 146 Å². The maximum Gasteiger partial charge on any atom is 0.243 e. The molecule has 0 bridgehead atoms. The number of methoxy groups -OCH3 is 1.